The molecule has 0 aliphatic carbocycles. The summed E-state index contributed by atoms with van der Waals surface area (Å²) in [5.74, 6) is -0.0853. The van der Waals surface area contributed by atoms with Crippen molar-refractivity contribution in [2.75, 3.05) is 32.1 Å². The van der Waals surface area contributed by atoms with Crippen LogP contribution >= 0.6 is 15.9 Å². The van der Waals surface area contributed by atoms with E-state index in [0.29, 0.717) is 16.7 Å². The minimum Gasteiger partial charge on any atom is -0.312 e. The quantitative estimate of drug-likeness (QED) is 0.662. The Hall–Kier alpha value is -1.74. The molecule has 0 unspecified atom stereocenters. The van der Waals surface area contributed by atoms with Gasteiger partial charge in [0.2, 0.25) is 15.9 Å². The Morgan fingerprint density at radius 2 is 1.93 bits per heavy atom. The highest BCUT2D eigenvalue weighted by molar-refractivity contribution is 9.10. The minimum absolute atomic E-state index is 0.00842. The van der Waals surface area contributed by atoms with Crippen LogP contribution in [-0.2, 0) is 27.7 Å². The molecule has 8 heteroatoms. The zero-order valence-corrected chi connectivity index (χ0v) is 19.3. The summed E-state index contributed by atoms with van der Waals surface area (Å²) in [7, 11) is 0.141. The molecule has 2 aromatic carbocycles. The zero-order chi connectivity index (χ0) is 21.2. The number of nitrogens with one attached hydrogen (secondary N) is 1. The largest absolute Gasteiger partial charge is 0.312 e. The van der Waals surface area contributed by atoms with Gasteiger partial charge in [-0.2, -0.15) is 0 Å². The molecule has 29 heavy (non-hydrogen) atoms. The fourth-order valence-corrected chi connectivity index (χ4v) is 5.71. The number of nitrogens with zero attached hydrogens (tertiary/aromatic N) is 2. The lowest BCUT2D eigenvalue weighted by atomic mass is 10.1. The summed E-state index contributed by atoms with van der Waals surface area (Å²) in [5.41, 5.74) is 2.80. The lowest BCUT2D eigenvalue weighted by molar-refractivity contribution is -0.116. The van der Waals surface area contributed by atoms with Crippen LogP contribution < -0.4 is 9.62 Å². The predicted molar refractivity (Wildman–Crippen MR) is 119 cm³/mol. The third kappa shape index (κ3) is 5.06. The summed E-state index contributed by atoms with van der Waals surface area (Å²) in [6.07, 6.45) is 1.46. The average molecular weight is 480 g/mol. The van der Waals surface area contributed by atoms with Crippen molar-refractivity contribution in [1.29, 1.82) is 0 Å². The Balaban J connectivity index is 1.80. The first-order chi connectivity index (χ1) is 13.7. The van der Waals surface area contributed by atoms with E-state index in [9.17, 15) is 13.2 Å². The maximum absolute atomic E-state index is 13.0. The molecule has 0 saturated carbocycles. The third-order valence-corrected chi connectivity index (χ3v) is 7.63. The molecule has 0 spiro atoms. The molecule has 1 aliphatic heterocycles. The molecule has 1 atom stereocenters. The van der Waals surface area contributed by atoms with Crippen LogP contribution in [0.3, 0.4) is 0 Å². The summed E-state index contributed by atoms with van der Waals surface area (Å²) < 4.78 is 29.4. The van der Waals surface area contributed by atoms with E-state index in [2.05, 4.69) is 20.7 Å². The van der Waals surface area contributed by atoms with E-state index in [1.165, 1.54) is 6.92 Å². The van der Waals surface area contributed by atoms with Gasteiger partial charge in [0.15, 0.2) is 0 Å². The number of rotatable bonds is 7. The van der Waals surface area contributed by atoms with Gasteiger partial charge in [0.25, 0.3) is 0 Å². The molecule has 1 aliphatic rings. The summed E-state index contributed by atoms with van der Waals surface area (Å²) >= 11 is 3.40. The molecule has 0 fully saturated rings. The van der Waals surface area contributed by atoms with Crippen LogP contribution in [0.4, 0.5) is 5.69 Å². The summed E-state index contributed by atoms with van der Waals surface area (Å²) in [6.45, 7) is 2.35. The molecule has 0 saturated heterocycles. The van der Waals surface area contributed by atoms with Gasteiger partial charge in [-0.15, -0.1) is 0 Å². The van der Waals surface area contributed by atoms with E-state index in [1.807, 2.05) is 49.3 Å². The second kappa shape index (κ2) is 8.95. The fraction of sp³-hybridized carbons (Fsp3) is 0.381. The maximum Gasteiger partial charge on any atom is 0.241 e. The lowest BCUT2D eigenvalue weighted by Gasteiger charge is -2.25. The Labute approximate surface area is 181 Å². The first kappa shape index (κ1) is 22.0. The molecule has 0 aromatic heterocycles. The number of halogens is 1. The summed E-state index contributed by atoms with van der Waals surface area (Å²) in [4.78, 5) is 15.7. The summed E-state index contributed by atoms with van der Waals surface area (Å²) in [5, 5.41) is 0. The van der Waals surface area contributed by atoms with Gasteiger partial charge in [-0.3, -0.25) is 4.79 Å². The first-order valence-electron chi connectivity index (χ1n) is 9.49. The van der Waals surface area contributed by atoms with Crippen molar-refractivity contribution in [3.8, 4) is 0 Å². The van der Waals surface area contributed by atoms with Crippen LogP contribution in [0, 0.1) is 0 Å². The fourth-order valence-electron chi connectivity index (χ4n) is 3.53. The molecule has 0 radical (unpaired) electrons. The Morgan fingerprint density at radius 3 is 2.55 bits per heavy atom. The van der Waals surface area contributed by atoms with Crippen molar-refractivity contribution in [1.82, 2.24) is 9.62 Å². The Bertz CT molecular complexity index is 994. The SMILES string of the molecule is CC(=O)N1CCc2cc(Br)c(S(=O)(=O)NC[C@@H](Cc3ccccc3)N(C)C)cc21. The smallest absolute Gasteiger partial charge is 0.241 e. The van der Waals surface area contributed by atoms with Crippen molar-refractivity contribution in [3.63, 3.8) is 0 Å². The number of benzene rings is 2. The van der Waals surface area contributed by atoms with Crippen molar-refractivity contribution >= 4 is 37.5 Å². The van der Waals surface area contributed by atoms with Gasteiger partial charge >= 0.3 is 0 Å². The minimum atomic E-state index is -3.74. The standard InChI is InChI=1S/C21H26BrN3O3S/c1-15(26)25-10-9-17-12-19(22)21(13-20(17)25)29(27,28)23-14-18(24(2)3)11-16-7-5-4-6-8-16/h4-8,12-13,18,23H,9-11,14H2,1-3H3/t18-/m1/s1. The van der Waals surface area contributed by atoms with E-state index >= 15 is 0 Å². The molecule has 1 amide bonds. The molecule has 0 bridgehead atoms. The molecular formula is C21H26BrN3O3S. The Morgan fingerprint density at radius 1 is 1.24 bits per heavy atom. The normalized spacial score (nSPS) is 14.9. The predicted octanol–water partition coefficient (Wildman–Crippen LogP) is 2.81. The molecule has 1 N–H and O–H groups in total. The van der Waals surface area contributed by atoms with Crippen molar-refractivity contribution < 1.29 is 13.2 Å². The Kier molecular flexibility index (Phi) is 6.78. The number of fused-ring (bicyclic) bond motifs is 1. The van der Waals surface area contributed by atoms with Gasteiger partial charge in [-0.05, 0) is 66.1 Å². The topological polar surface area (TPSA) is 69.7 Å². The second-order valence-corrected chi connectivity index (χ2v) is 10.1. The van der Waals surface area contributed by atoms with E-state index in [4.69, 9.17) is 0 Å². The van der Waals surface area contributed by atoms with E-state index < -0.39 is 10.0 Å². The number of hydrogen-bond donors (Lipinski definition) is 1. The van der Waals surface area contributed by atoms with Crippen LogP contribution in [0.1, 0.15) is 18.1 Å². The van der Waals surface area contributed by atoms with Crippen LogP contribution in [0.2, 0.25) is 0 Å². The van der Waals surface area contributed by atoms with Gasteiger partial charge in [0.05, 0.1) is 4.90 Å². The number of anilines is 1. The van der Waals surface area contributed by atoms with Crippen LogP contribution in [0.15, 0.2) is 51.8 Å². The number of amides is 1. The number of sulfonamides is 1. The molecule has 3 rings (SSSR count). The summed E-state index contributed by atoms with van der Waals surface area (Å²) in [6, 6.07) is 13.4. The lowest BCUT2D eigenvalue weighted by Crippen LogP contribution is -2.41. The number of carbonyl (C=O) groups is 1. The molecular weight excluding hydrogens is 454 g/mol. The van der Waals surface area contributed by atoms with Gasteiger partial charge in [0.1, 0.15) is 0 Å². The highest BCUT2D eigenvalue weighted by Crippen LogP contribution is 2.35. The van der Waals surface area contributed by atoms with Gasteiger partial charge in [-0.25, -0.2) is 13.1 Å². The molecule has 1 heterocycles. The highest BCUT2D eigenvalue weighted by Gasteiger charge is 2.28. The number of likely N-dealkylation sites (N-methyl/N-ethyl adjacent to an activating group) is 1. The number of carbonyl (C=O) groups excluding carboxylic acids is 1. The molecule has 156 valence electrons. The van der Waals surface area contributed by atoms with E-state index in [0.717, 1.165) is 24.0 Å². The monoisotopic (exact) mass is 479 g/mol. The van der Waals surface area contributed by atoms with Crippen LogP contribution in [0.5, 0.6) is 0 Å². The highest BCUT2D eigenvalue weighted by atomic mass is 79.9. The van der Waals surface area contributed by atoms with Crippen LogP contribution in [-0.4, -0.2) is 52.5 Å². The first-order valence-corrected chi connectivity index (χ1v) is 11.8. The van der Waals surface area contributed by atoms with Crippen LogP contribution in [0.25, 0.3) is 0 Å². The number of hydrogen-bond acceptors (Lipinski definition) is 4. The van der Waals surface area contributed by atoms with E-state index in [-0.39, 0.29) is 23.4 Å². The van der Waals surface area contributed by atoms with Gasteiger partial charge < -0.3 is 9.80 Å². The average Bonchev–Trinajstić information content (AvgIpc) is 3.08. The van der Waals surface area contributed by atoms with Crippen molar-refractivity contribution in [3.05, 3.63) is 58.1 Å². The van der Waals surface area contributed by atoms with Crippen molar-refractivity contribution in [2.24, 2.45) is 0 Å². The van der Waals surface area contributed by atoms with Crippen molar-refractivity contribution in [2.45, 2.75) is 30.7 Å². The van der Waals surface area contributed by atoms with Gasteiger partial charge in [0, 0.05) is 36.2 Å². The zero-order valence-electron chi connectivity index (χ0n) is 16.9. The molecule has 6 nitrogen and oxygen atoms in total. The maximum atomic E-state index is 13.0. The van der Waals surface area contributed by atoms with E-state index in [1.54, 1.807) is 17.0 Å². The second-order valence-electron chi connectivity index (χ2n) is 7.49. The molecule has 2 aromatic rings. The van der Waals surface area contributed by atoms with Gasteiger partial charge in [-0.1, -0.05) is 30.3 Å². The third-order valence-electron chi connectivity index (χ3n) is 5.25.